The number of aryl methyl sites for hydroxylation is 2. The number of phenolic OH excluding ortho intramolecular Hbond substituents is 1. The number of aromatic hydroxyl groups is 1. The maximum absolute atomic E-state index is 14.4. The largest absolute Gasteiger partial charge is 0.504 e. The Morgan fingerprint density at radius 1 is 0.558 bits per heavy atom. The zero-order valence-electron chi connectivity index (χ0n) is 29.0. The summed E-state index contributed by atoms with van der Waals surface area (Å²) in [4.78, 5) is 0. The number of anilines is 2. The Kier molecular flexibility index (Phi) is 19.1. The van der Waals surface area contributed by atoms with E-state index in [1.165, 1.54) is 18.2 Å². The molecule has 9 nitrogen and oxygen atoms in total. The van der Waals surface area contributed by atoms with Crippen molar-refractivity contribution in [2.24, 2.45) is 0 Å². The maximum atomic E-state index is 14.4. The minimum absolute atomic E-state index is 0. The highest BCUT2D eigenvalue weighted by molar-refractivity contribution is 5.51. The van der Waals surface area contributed by atoms with Crippen molar-refractivity contribution in [3.8, 4) is 34.5 Å². The van der Waals surface area contributed by atoms with Gasteiger partial charge in [-0.3, -0.25) is 0 Å². The molecular weight excluding hydrogens is 670 g/mol. The third-order valence-electron chi connectivity index (χ3n) is 7.27. The van der Waals surface area contributed by atoms with Gasteiger partial charge in [0.2, 0.25) is 0 Å². The molecule has 0 aliphatic heterocycles. The molecule has 0 amide bonds. The second kappa shape index (κ2) is 23.2. The molecule has 5 aromatic carbocycles. The Bertz CT molecular complexity index is 1770. The quantitative estimate of drug-likeness (QED) is 0.0629. The summed E-state index contributed by atoms with van der Waals surface area (Å²) in [6, 6.07) is 29.6. The lowest BCUT2D eigenvalue weighted by Crippen LogP contribution is -2.05. The third-order valence-corrected chi connectivity index (χ3v) is 7.27. The molecule has 0 atom stereocenters. The number of benzene rings is 5. The van der Waals surface area contributed by atoms with Gasteiger partial charge in [0.15, 0.2) is 46.1 Å². The fraction of sp³-hybridized carbons (Fsp3) is 0.268. The van der Waals surface area contributed by atoms with Crippen LogP contribution in [0.25, 0.3) is 0 Å². The van der Waals surface area contributed by atoms with Crippen molar-refractivity contribution < 1.29 is 43.4 Å². The predicted molar refractivity (Wildman–Crippen MR) is 203 cm³/mol. The molecule has 0 bridgehead atoms. The van der Waals surface area contributed by atoms with Crippen molar-refractivity contribution in [3.05, 3.63) is 131 Å². The van der Waals surface area contributed by atoms with Gasteiger partial charge in [0, 0.05) is 43.7 Å². The number of hydrogen-bond donors (Lipinski definition) is 6. The molecule has 0 fully saturated rings. The van der Waals surface area contributed by atoms with Gasteiger partial charge in [-0.1, -0.05) is 63.7 Å². The van der Waals surface area contributed by atoms with Gasteiger partial charge in [-0.2, -0.15) is 0 Å². The van der Waals surface area contributed by atoms with Gasteiger partial charge in [-0.05, 0) is 78.1 Å². The number of aliphatic hydroxyl groups is 3. The topological polar surface area (TPSA) is 133 Å². The zero-order valence-corrected chi connectivity index (χ0v) is 29.0. The predicted octanol–water partition coefficient (Wildman–Crippen LogP) is 8.70. The third kappa shape index (κ3) is 13.4. The molecule has 280 valence electrons. The van der Waals surface area contributed by atoms with Crippen LogP contribution >= 0.6 is 0 Å². The van der Waals surface area contributed by atoms with Crippen LogP contribution in [0.1, 0.15) is 38.0 Å². The minimum atomic E-state index is -0.545. The molecule has 6 N–H and O–H groups in total. The van der Waals surface area contributed by atoms with Crippen molar-refractivity contribution in [1.29, 1.82) is 0 Å². The summed E-state index contributed by atoms with van der Waals surface area (Å²) >= 11 is 0. The maximum Gasteiger partial charge on any atom is 0.169 e. The van der Waals surface area contributed by atoms with Crippen molar-refractivity contribution in [2.75, 3.05) is 44.0 Å². The van der Waals surface area contributed by atoms with E-state index in [9.17, 15) is 13.9 Å². The fourth-order valence-corrected chi connectivity index (χ4v) is 4.60. The zero-order chi connectivity index (χ0) is 37.0. The summed E-state index contributed by atoms with van der Waals surface area (Å²) in [6.07, 6.45) is 1.66. The summed E-state index contributed by atoms with van der Waals surface area (Å²) in [6.45, 7) is 5.09. The van der Waals surface area contributed by atoms with E-state index in [1.807, 2.05) is 55.5 Å². The number of ether oxygens (including phenoxy) is 3. The van der Waals surface area contributed by atoms with Gasteiger partial charge < -0.3 is 45.3 Å². The van der Waals surface area contributed by atoms with Crippen LogP contribution < -0.4 is 24.8 Å². The summed E-state index contributed by atoms with van der Waals surface area (Å²) in [5.41, 5.74) is 4.27. The Labute approximate surface area is 305 Å². The normalized spacial score (nSPS) is 10.0. The number of halogens is 2. The van der Waals surface area contributed by atoms with Crippen LogP contribution in [0.15, 0.2) is 103 Å². The molecular formula is C41H50F2N2O7. The van der Waals surface area contributed by atoms with Crippen molar-refractivity contribution >= 4 is 11.4 Å². The van der Waals surface area contributed by atoms with Crippen LogP contribution in [-0.2, 0) is 19.4 Å². The first-order valence-electron chi connectivity index (χ1n) is 16.5. The molecule has 52 heavy (non-hydrogen) atoms. The number of nitrogens with one attached hydrogen (secondary N) is 2. The summed E-state index contributed by atoms with van der Waals surface area (Å²) in [7, 11) is 1.00. The van der Waals surface area contributed by atoms with Gasteiger partial charge >= 0.3 is 0 Å². The van der Waals surface area contributed by atoms with E-state index in [4.69, 9.17) is 29.5 Å². The van der Waals surface area contributed by atoms with E-state index < -0.39 is 11.6 Å². The molecule has 5 rings (SSSR count). The number of phenols is 1. The second-order valence-corrected chi connectivity index (χ2v) is 10.9. The van der Waals surface area contributed by atoms with Gasteiger partial charge in [-0.25, -0.2) is 8.78 Å². The van der Waals surface area contributed by atoms with E-state index in [2.05, 4.69) is 17.6 Å². The molecule has 0 aromatic heterocycles. The van der Waals surface area contributed by atoms with E-state index in [0.29, 0.717) is 42.6 Å². The average molecular weight is 721 g/mol. The molecule has 0 heterocycles. The van der Waals surface area contributed by atoms with E-state index >= 15 is 0 Å². The number of rotatable bonds is 15. The Morgan fingerprint density at radius 2 is 1.04 bits per heavy atom. The van der Waals surface area contributed by atoms with Crippen LogP contribution in [0.5, 0.6) is 34.5 Å². The molecule has 0 saturated heterocycles. The number of aliphatic hydroxyl groups excluding tert-OH is 3. The average Bonchev–Trinajstić information content (AvgIpc) is 3.16. The molecule has 0 spiro atoms. The standard InChI is InChI=1S/C23H24FNO3.C16H18FNO3.CH4O.CH4/c1-2-17-8-10-22(23(14-17)27-16-18-6-4-3-5-7-18)28-21-11-9-19(15-20(21)24)25-12-13-26;1-2-11-3-5-16(14(20)9-11)21-15-6-4-12(10-13(15)17)18-7-8-19;1-2;/h3-11,14-15,25-26H,2,12-13,16H2,1H3;3-6,9-10,18-20H,2,7-8H2,1H3;2H,1H3;1H4. The van der Waals surface area contributed by atoms with Crippen molar-refractivity contribution in [1.82, 2.24) is 0 Å². The highest BCUT2D eigenvalue weighted by Gasteiger charge is 2.13. The summed E-state index contributed by atoms with van der Waals surface area (Å²) < 4.78 is 45.5. The highest BCUT2D eigenvalue weighted by Crippen LogP contribution is 2.36. The van der Waals surface area contributed by atoms with Gasteiger partial charge in [0.05, 0.1) is 13.2 Å². The fourth-order valence-electron chi connectivity index (χ4n) is 4.60. The molecule has 5 aromatic rings. The summed E-state index contributed by atoms with van der Waals surface area (Å²) in [5.74, 6) is 0.340. The van der Waals surface area contributed by atoms with Crippen molar-refractivity contribution in [2.45, 2.75) is 40.7 Å². The van der Waals surface area contributed by atoms with Crippen molar-refractivity contribution in [3.63, 3.8) is 0 Å². The molecule has 0 aliphatic carbocycles. The van der Waals surface area contributed by atoms with Crippen LogP contribution in [0.2, 0.25) is 0 Å². The lowest BCUT2D eigenvalue weighted by Gasteiger charge is -2.15. The van der Waals surface area contributed by atoms with Crippen LogP contribution in [-0.4, -0.2) is 53.8 Å². The van der Waals surface area contributed by atoms with Crippen LogP contribution in [0.4, 0.5) is 20.2 Å². The highest BCUT2D eigenvalue weighted by atomic mass is 19.1. The second-order valence-electron chi connectivity index (χ2n) is 10.9. The SMILES string of the molecule is C.CCc1ccc(Oc2ccc(NCCO)cc2F)c(O)c1.CCc1ccc(Oc2ccc(NCCO)cc2F)c(OCc2ccccc2)c1.CO. The lowest BCUT2D eigenvalue weighted by atomic mass is 10.1. The monoisotopic (exact) mass is 720 g/mol. The molecule has 11 heteroatoms. The van der Waals surface area contributed by atoms with E-state index in [0.717, 1.165) is 36.6 Å². The van der Waals surface area contributed by atoms with E-state index in [1.54, 1.807) is 36.4 Å². The molecule has 0 radical (unpaired) electrons. The van der Waals surface area contributed by atoms with Gasteiger partial charge in [0.1, 0.15) is 6.61 Å². The minimum Gasteiger partial charge on any atom is -0.504 e. The Hall–Kier alpha value is -5.36. The number of hydrogen-bond acceptors (Lipinski definition) is 9. The molecule has 0 aliphatic rings. The van der Waals surface area contributed by atoms with Crippen LogP contribution in [0.3, 0.4) is 0 Å². The molecule has 0 unspecified atom stereocenters. The Balaban J connectivity index is 0.000000350. The smallest absolute Gasteiger partial charge is 0.169 e. The summed E-state index contributed by atoms with van der Waals surface area (Å²) in [5, 5.41) is 40.2. The van der Waals surface area contributed by atoms with Gasteiger partial charge in [0.25, 0.3) is 0 Å². The van der Waals surface area contributed by atoms with Gasteiger partial charge in [-0.15, -0.1) is 0 Å². The lowest BCUT2D eigenvalue weighted by molar-refractivity contribution is 0.289. The first-order chi connectivity index (χ1) is 24.8. The van der Waals surface area contributed by atoms with E-state index in [-0.39, 0.29) is 43.6 Å². The first-order valence-corrected chi connectivity index (χ1v) is 16.5. The first kappa shape index (κ1) is 42.8. The Morgan fingerprint density at radius 3 is 1.52 bits per heavy atom. The van der Waals surface area contributed by atoms with Crippen LogP contribution in [0, 0.1) is 11.6 Å². The molecule has 0 saturated carbocycles.